The van der Waals surface area contributed by atoms with Gasteiger partial charge in [0.2, 0.25) is 15.9 Å². The van der Waals surface area contributed by atoms with Crippen LogP contribution in [0.1, 0.15) is 30.4 Å². The van der Waals surface area contributed by atoms with E-state index in [0.29, 0.717) is 19.4 Å². The first kappa shape index (κ1) is 17.6. The molecule has 1 saturated carbocycles. The number of carbonyl (C=O) groups excluding carboxylic acids is 1. The number of sulfonamides is 1. The largest absolute Gasteiger partial charge is 0.352 e. The Kier molecular flexibility index (Phi) is 5.19. The van der Waals surface area contributed by atoms with Gasteiger partial charge in [-0.25, -0.2) is 13.1 Å². The van der Waals surface area contributed by atoms with E-state index in [2.05, 4.69) is 15.1 Å². The molecule has 7 nitrogen and oxygen atoms in total. The van der Waals surface area contributed by atoms with Gasteiger partial charge in [0.05, 0.1) is 11.1 Å². The molecule has 1 heterocycles. The lowest BCUT2D eigenvalue weighted by Gasteiger charge is -2.07. The summed E-state index contributed by atoms with van der Waals surface area (Å²) in [6, 6.07) is 6.79. The Labute approximate surface area is 147 Å². The van der Waals surface area contributed by atoms with Crippen molar-refractivity contribution in [1.29, 1.82) is 0 Å². The topological polar surface area (TPSA) is 93.1 Å². The van der Waals surface area contributed by atoms with E-state index in [1.165, 1.54) is 0 Å². The molecule has 1 aromatic heterocycles. The van der Waals surface area contributed by atoms with Crippen LogP contribution in [0.15, 0.2) is 41.6 Å². The summed E-state index contributed by atoms with van der Waals surface area (Å²) in [6.07, 6.45) is 6.31. The number of aromatic nitrogens is 2. The minimum atomic E-state index is -3.42. The normalized spacial score (nSPS) is 14.4. The van der Waals surface area contributed by atoms with Crippen molar-refractivity contribution in [1.82, 2.24) is 19.8 Å². The zero-order valence-corrected chi connectivity index (χ0v) is 14.9. The van der Waals surface area contributed by atoms with Crippen molar-refractivity contribution < 1.29 is 13.2 Å². The van der Waals surface area contributed by atoms with Crippen molar-refractivity contribution in [2.75, 3.05) is 0 Å². The highest BCUT2D eigenvalue weighted by Crippen LogP contribution is 2.22. The molecule has 0 aliphatic heterocycles. The average molecular weight is 362 g/mol. The van der Waals surface area contributed by atoms with Crippen LogP contribution in [0.4, 0.5) is 0 Å². The van der Waals surface area contributed by atoms with Gasteiger partial charge in [-0.05, 0) is 37.0 Å². The summed E-state index contributed by atoms with van der Waals surface area (Å²) in [7, 11) is -1.59. The van der Waals surface area contributed by atoms with E-state index >= 15 is 0 Å². The SMILES string of the molecule is Cn1cc(CNC(=O)CCc2ccc(S(=O)(=O)NC3CC3)cc2)cn1. The number of rotatable bonds is 8. The standard InChI is InChI=1S/C17H22N4O3S/c1-21-12-14(11-19-21)10-18-17(22)9-4-13-2-7-16(8-3-13)25(23,24)20-15-5-6-15/h2-3,7-8,11-12,15,20H,4-6,9-10H2,1H3,(H,18,22). The van der Waals surface area contributed by atoms with Crippen LogP contribution in [0, 0.1) is 0 Å². The molecule has 0 unspecified atom stereocenters. The second-order valence-electron chi connectivity index (χ2n) is 6.34. The fourth-order valence-corrected chi connectivity index (χ4v) is 3.74. The Morgan fingerprint density at radius 3 is 2.56 bits per heavy atom. The van der Waals surface area contributed by atoms with E-state index in [-0.39, 0.29) is 16.8 Å². The maximum atomic E-state index is 12.1. The fourth-order valence-electron chi connectivity index (χ4n) is 2.43. The van der Waals surface area contributed by atoms with Crippen LogP contribution >= 0.6 is 0 Å². The van der Waals surface area contributed by atoms with Gasteiger partial charge >= 0.3 is 0 Å². The van der Waals surface area contributed by atoms with Crippen molar-refractivity contribution in [3.8, 4) is 0 Å². The zero-order valence-electron chi connectivity index (χ0n) is 14.1. The fraction of sp³-hybridized carbons (Fsp3) is 0.412. The molecule has 8 heteroatoms. The highest BCUT2D eigenvalue weighted by Gasteiger charge is 2.27. The first-order valence-electron chi connectivity index (χ1n) is 8.28. The molecular formula is C17H22N4O3S. The summed E-state index contributed by atoms with van der Waals surface area (Å²) in [4.78, 5) is 12.2. The summed E-state index contributed by atoms with van der Waals surface area (Å²) < 4.78 is 28.5. The van der Waals surface area contributed by atoms with E-state index < -0.39 is 10.0 Å². The van der Waals surface area contributed by atoms with E-state index in [4.69, 9.17) is 0 Å². The lowest BCUT2D eigenvalue weighted by atomic mass is 10.1. The Balaban J connectivity index is 1.47. The quantitative estimate of drug-likeness (QED) is 0.736. The molecule has 3 rings (SSSR count). The molecule has 0 bridgehead atoms. The second kappa shape index (κ2) is 7.37. The summed E-state index contributed by atoms with van der Waals surface area (Å²) in [5, 5.41) is 6.90. The summed E-state index contributed by atoms with van der Waals surface area (Å²) in [5.41, 5.74) is 1.88. The smallest absolute Gasteiger partial charge is 0.240 e. The molecule has 2 N–H and O–H groups in total. The summed E-state index contributed by atoms with van der Waals surface area (Å²) >= 11 is 0. The monoisotopic (exact) mass is 362 g/mol. The molecule has 1 fully saturated rings. The molecule has 0 radical (unpaired) electrons. The van der Waals surface area contributed by atoms with Crippen LogP contribution in [0.5, 0.6) is 0 Å². The number of amides is 1. The molecule has 2 aromatic rings. The Morgan fingerprint density at radius 1 is 1.24 bits per heavy atom. The Hall–Kier alpha value is -2.19. The van der Waals surface area contributed by atoms with E-state index in [1.807, 2.05) is 13.2 Å². The van der Waals surface area contributed by atoms with E-state index in [0.717, 1.165) is 24.0 Å². The summed E-state index contributed by atoms with van der Waals surface area (Å²) in [5.74, 6) is -0.0454. The van der Waals surface area contributed by atoms with Crippen molar-refractivity contribution in [3.05, 3.63) is 47.8 Å². The van der Waals surface area contributed by atoms with Gasteiger partial charge in [-0.2, -0.15) is 5.10 Å². The predicted octanol–water partition coefficient (Wildman–Crippen LogP) is 1.11. The van der Waals surface area contributed by atoms with Crippen molar-refractivity contribution >= 4 is 15.9 Å². The zero-order chi connectivity index (χ0) is 17.9. The molecule has 1 aliphatic rings. The van der Waals surface area contributed by atoms with Crippen LogP contribution < -0.4 is 10.0 Å². The van der Waals surface area contributed by atoms with Crippen LogP contribution in [-0.4, -0.2) is 30.1 Å². The van der Waals surface area contributed by atoms with Gasteiger partial charge in [0, 0.05) is 37.8 Å². The van der Waals surface area contributed by atoms with Crippen LogP contribution in [-0.2, 0) is 34.8 Å². The maximum absolute atomic E-state index is 12.1. The first-order chi connectivity index (χ1) is 11.9. The number of nitrogens with zero attached hydrogens (tertiary/aromatic N) is 2. The highest BCUT2D eigenvalue weighted by molar-refractivity contribution is 7.89. The van der Waals surface area contributed by atoms with E-state index in [9.17, 15) is 13.2 Å². The number of hydrogen-bond donors (Lipinski definition) is 2. The minimum absolute atomic E-state index is 0.0454. The average Bonchev–Trinajstić information content (AvgIpc) is 3.29. The Morgan fingerprint density at radius 2 is 1.96 bits per heavy atom. The Bertz CT molecular complexity index is 839. The van der Waals surface area contributed by atoms with Gasteiger partial charge in [0.25, 0.3) is 0 Å². The number of nitrogens with one attached hydrogen (secondary N) is 2. The number of aryl methyl sites for hydroxylation is 2. The van der Waals surface area contributed by atoms with Gasteiger partial charge < -0.3 is 5.32 Å². The maximum Gasteiger partial charge on any atom is 0.240 e. The molecule has 25 heavy (non-hydrogen) atoms. The van der Waals surface area contributed by atoms with Crippen molar-refractivity contribution in [2.45, 2.75) is 43.2 Å². The minimum Gasteiger partial charge on any atom is -0.352 e. The molecule has 1 aliphatic carbocycles. The van der Waals surface area contributed by atoms with Crippen LogP contribution in [0.25, 0.3) is 0 Å². The molecule has 0 saturated heterocycles. The van der Waals surface area contributed by atoms with Gasteiger partial charge in [-0.3, -0.25) is 9.48 Å². The molecule has 134 valence electrons. The van der Waals surface area contributed by atoms with Crippen molar-refractivity contribution in [2.24, 2.45) is 7.05 Å². The van der Waals surface area contributed by atoms with Crippen LogP contribution in [0.2, 0.25) is 0 Å². The number of carbonyl (C=O) groups is 1. The molecule has 1 aromatic carbocycles. The lowest BCUT2D eigenvalue weighted by molar-refractivity contribution is -0.121. The third-order valence-electron chi connectivity index (χ3n) is 4.02. The summed E-state index contributed by atoms with van der Waals surface area (Å²) in [6.45, 7) is 0.455. The van der Waals surface area contributed by atoms with Gasteiger partial charge in [-0.15, -0.1) is 0 Å². The third kappa shape index (κ3) is 5.14. The molecule has 0 spiro atoms. The van der Waals surface area contributed by atoms with Gasteiger partial charge in [0.15, 0.2) is 0 Å². The lowest BCUT2D eigenvalue weighted by Crippen LogP contribution is -2.25. The predicted molar refractivity (Wildman–Crippen MR) is 93.2 cm³/mol. The highest BCUT2D eigenvalue weighted by atomic mass is 32.2. The number of benzene rings is 1. The number of hydrogen-bond acceptors (Lipinski definition) is 4. The molecular weight excluding hydrogens is 340 g/mol. The molecule has 0 atom stereocenters. The molecule has 1 amide bonds. The van der Waals surface area contributed by atoms with Gasteiger partial charge in [-0.1, -0.05) is 12.1 Å². The van der Waals surface area contributed by atoms with Gasteiger partial charge in [0.1, 0.15) is 0 Å². The van der Waals surface area contributed by atoms with Crippen molar-refractivity contribution in [3.63, 3.8) is 0 Å². The second-order valence-corrected chi connectivity index (χ2v) is 8.05. The third-order valence-corrected chi connectivity index (χ3v) is 5.56. The first-order valence-corrected chi connectivity index (χ1v) is 9.76. The van der Waals surface area contributed by atoms with E-state index in [1.54, 1.807) is 35.1 Å². The van der Waals surface area contributed by atoms with Crippen LogP contribution in [0.3, 0.4) is 0 Å².